The van der Waals surface area contributed by atoms with E-state index in [1.807, 2.05) is 31.2 Å². The normalized spacial score (nSPS) is 28.0. The molecule has 4 unspecified atom stereocenters. The molecule has 0 aromatic carbocycles. The molecule has 0 spiro atoms. The smallest absolute Gasteiger partial charge is 0.394 e. The zero-order valence-electron chi connectivity index (χ0n) is 49.0. The van der Waals surface area contributed by atoms with Crippen LogP contribution in [0.4, 0.5) is 0 Å². The fourth-order valence-electron chi connectivity index (χ4n) is 10.0. The number of allylic oxidation sites excluding steroid dienone is 9. The van der Waals surface area contributed by atoms with Gasteiger partial charge >= 0.3 is 10.4 Å². The summed E-state index contributed by atoms with van der Waals surface area (Å²) in [6, 6.07) is 0. The van der Waals surface area contributed by atoms with Crippen molar-refractivity contribution in [1.82, 2.24) is 0 Å². The fraction of sp³-hybridized carbons (Fsp3) is 0.763. The second-order valence-electron chi connectivity index (χ2n) is 23.0. The molecule has 2 aliphatic rings. The lowest BCUT2D eigenvalue weighted by Gasteiger charge is -2.42. The van der Waals surface area contributed by atoms with E-state index in [1.54, 1.807) is 44.2 Å². The van der Waals surface area contributed by atoms with Crippen molar-refractivity contribution < 1.29 is 124 Å². The van der Waals surface area contributed by atoms with Gasteiger partial charge in [0.2, 0.25) is 0 Å². The van der Waals surface area contributed by atoms with Gasteiger partial charge in [0.1, 0.15) is 67.1 Å². The van der Waals surface area contributed by atoms with Gasteiger partial charge in [-0.15, -0.1) is 0 Å². The molecule has 2 fully saturated rings. The highest BCUT2D eigenvalue weighted by Gasteiger charge is 2.47. The fourth-order valence-corrected chi connectivity index (χ4v) is 10.5. The summed E-state index contributed by atoms with van der Waals surface area (Å²) in [5.41, 5.74) is 0.449. The maximum absolute atomic E-state index is 11.2. The van der Waals surface area contributed by atoms with Gasteiger partial charge in [-0.2, -0.15) is 8.42 Å². The van der Waals surface area contributed by atoms with Crippen LogP contribution in [0.2, 0.25) is 0 Å². The third-order valence-corrected chi connectivity index (χ3v) is 16.0. The van der Waals surface area contributed by atoms with Gasteiger partial charge in [0, 0.05) is 19.3 Å². The lowest BCUT2D eigenvalue weighted by molar-refractivity contribution is -0.234. The number of hydrogen-bond acceptors (Lipinski definition) is 24. The first-order valence-corrected chi connectivity index (χ1v) is 30.7. The van der Waals surface area contributed by atoms with Gasteiger partial charge in [-0.25, -0.2) is 4.18 Å². The Bertz CT molecular complexity index is 2140. The zero-order valence-corrected chi connectivity index (χ0v) is 49.9. The largest absolute Gasteiger partial charge is 0.397 e. The summed E-state index contributed by atoms with van der Waals surface area (Å²) in [7, 11) is -4.72. The molecule has 0 aromatic rings. The lowest BCUT2D eigenvalue weighted by atomic mass is 9.86. The van der Waals surface area contributed by atoms with Crippen molar-refractivity contribution in [3.63, 3.8) is 0 Å². The van der Waals surface area contributed by atoms with Crippen molar-refractivity contribution in [2.45, 2.75) is 258 Å². The molecule has 0 amide bonds. The Morgan fingerprint density at radius 2 is 1.15 bits per heavy atom. The number of aliphatic hydroxyl groups excluding tert-OH is 19. The van der Waals surface area contributed by atoms with Crippen molar-refractivity contribution in [3.8, 4) is 0 Å². The van der Waals surface area contributed by atoms with Crippen molar-refractivity contribution in [1.29, 1.82) is 0 Å². The quantitative estimate of drug-likeness (QED) is 0.0145. The predicted octanol–water partition coefficient (Wildman–Crippen LogP) is -1.37. The second kappa shape index (κ2) is 40.8. The number of rotatable bonds is 42. The number of hydrogen-bond donors (Lipinski definition) is 20. The molecular weight excluding hydrogens is 1140 g/mol. The minimum atomic E-state index is -4.72. The van der Waals surface area contributed by atoms with Crippen molar-refractivity contribution in [2.75, 3.05) is 13.2 Å². The molecule has 26 heteroatoms. The van der Waals surface area contributed by atoms with Crippen LogP contribution in [0, 0.1) is 11.8 Å². The van der Waals surface area contributed by atoms with Crippen molar-refractivity contribution in [3.05, 3.63) is 84.6 Å². The highest BCUT2D eigenvalue weighted by atomic mass is 32.3. The summed E-state index contributed by atoms with van der Waals surface area (Å²) in [5.74, 6) is -0.773. The van der Waals surface area contributed by atoms with Crippen LogP contribution < -0.4 is 0 Å². The Morgan fingerprint density at radius 3 is 1.75 bits per heavy atom. The van der Waals surface area contributed by atoms with Crippen molar-refractivity contribution in [2.24, 2.45) is 11.8 Å². The highest BCUT2D eigenvalue weighted by molar-refractivity contribution is 7.80. The van der Waals surface area contributed by atoms with Crippen LogP contribution in [-0.4, -0.2) is 257 Å². The Morgan fingerprint density at radius 1 is 0.600 bits per heavy atom. The molecule has 0 radical (unpaired) electrons. The average Bonchev–Trinajstić information content (AvgIpc) is 2.55. The molecule has 0 aliphatic carbocycles. The molecule has 2 heterocycles. The van der Waals surface area contributed by atoms with Gasteiger partial charge in [0.25, 0.3) is 0 Å². The minimum Gasteiger partial charge on any atom is -0.394 e. The highest BCUT2D eigenvalue weighted by Crippen LogP contribution is 2.32. The molecule has 0 aromatic heterocycles. The summed E-state index contributed by atoms with van der Waals surface area (Å²) >= 11 is 0. The molecule has 494 valence electrons. The first-order chi connectivity index (χ1) is 39.9. The minimum absolute atomic E-state index is 0.0108. The predicted molar refractivity (Wildman–Crippen MR) is 311 cm³/mol. The van der Waals surface area contributed by atoms with Gasteiger partial charge in [-0.3, -0.25) is 4.55 Å². The Hall–Kier alpha value is -2.79. The Kier molecular flexibility index (Phi) is 37.6. The van der Waals surface area contributed by atoms with Crippen LogP contribution in [-0.2, 0) is 24.1 Å². The standard InChI is InChI=1S/C59H102O25S/c1-34(18-14-13-16-20-40(33-61)84-85(79,80)81)26-43(66)44(67)28-37(4)51(72)46(69)29-38(62)24-22-35(2)27-45(68)54(75)59-55(76)47(70)30-49(82-59)41(64)25-23-36(3)52(73)57(78)50-31-48(71)56(77)58(83-50)53(74)42(65)21-17-12-10-8-6-5-7-9-11-15-19-39(63)32-60/h5-9,11,13,16-17,21,27,34,37-78H,3,10,12,14-15,18-20,22-26,28-33H2,1-2,4H3,(H,79,80,81)/b7-5+,8-6+,11-9+,16-13+,21-17+,35-27+/t34?,37-,38-,39?,40?,41+,42+,43?,44-,45+,46-,47+,48+,49+,50+,51+,52+,53-,54-,55+,56+,57-,58-,59-/m0/s1. The van der Waals surface area contributed by atoms with E-state index in [-0.39, 0.29) is 82.3 Å². The third kappa shape index (κ3) is 29.6. The van der Waals surface area contributed by atoms with E-state index in [4.69, 9.17) is 19.1 Å². The van der Waals surface area contributed by atoms with Gasteiger partial charge in [-0.1, -0.05) is 92.8 Å². The van der Waals surface area contributed by atoms with Crippen molar-refractivity contribution >= 4 is 10.4 Å². The van der Waals surface area contributed by atoms with E-state index in [9.17, 15) is 100 Å². The topological polar surface area (TPSA) is 466 Å². The maximum Gasteiger partial charge on any atom is 0.397 e. The Labute approximate surface area is 499 Å². The lowest BCUT2D eigenvalue weighted by Crippen LogP contribution is -2.59. The summed E-state index contributed by atoms with van der Waals surface area (Å²) in [6.45, 7) is 7.90. The van der Waals surface area contributed by atoms with Gasteiger partial charge in [0.15, 0.2) is 0 Å². The SMILES string of the molecule is C=C(CC[C@@H](O)[C@H]1C[C@@H](O)[C@@H](O)[C@H]([C@@H](O)[C@H](O)/C=C(\C)CC[C@H](O)C[C@H](O)[C@H](O)[C@@H](C)C[C@H](O)C(O)CC(C)CC/C=C/CC(CO)OS(=O)(=O)O)O1)[C@@H](O)[C@@H](O)[C@H]1C[C@@H](O)[C@@H](O)[C@H]([C@@H](O)[C@H](O)/C=C/CC/C=C/C=C/C=C/CCC(O)CO)O1. The van der Waals surface area contributed by atoms with Crippen LogP contribution >= 0.6 is 0 Å². The molecule has 2 saturated heterocycles. The van der Waals surface area contributed by atoms with Crippen LogP contribution in [0.3, 0.4) is 0 Å². The summed E-state index contributed by atoms with van der Waals surface area (Å²) in [5, 5.41) is 201. The van der Waals surface area contributed by atoms with E-state index in [2.05, 4.69) is 10.8 Å². The van der Waals surface area contributed by atoms with E-state index in [0.717, 1.165) is 0 Å². The number of ether oxygens (including phenoxy) is 2. The summed E-state index contributed by atoms with van der Waals surface area (Å²) in [4.78, 5) is 0. The van der Waals surface area contributed by atoms with E-state index in [0.29, 0.717) is 44.1 Å². The molecule has 0 bridgehead atoms. The van der Waals surface area contributed by atoms with Gasteiger partial charge in [-0.05, 0) is 108 Å². The molecular formula is C59H102O25S. The van der Waals surface area contributed by atoms with Gasteiger partial charge in [0.05, 0.1) is 80.4 Å². The zero-order chi connectivity index (χ0) is 64.1. The molecule has 2 aliphatic heterocycles. The number of unbranched alkanes of at least 4 members (excludes halogenated alkanes) is 1. The summed E-state index contributed by atoms with van der Waals surface area (Å²) < 4.78 is 46.4. The average molecular weight is 1240 g/mol. The molecule has 85 heavy (non-hydrogen) atoms. The first-order valence-electron chi connectivity index (χ1n) is 29.3. The monoisotopic (exact) mass is 1240 g/mol. The van der Waals surface area contributed by atoms with E-state index in [1.165, 1.54) is 12.2 Å². The molecule has 0 saturated carbocycles. The summed E-state index contributed by atoms with van der Waals surface area (Å²) in [6.07, 6.45) is -11.5. The van der Waals surface area contributed by atoms with Crippen LogP contribution in [0.5, 0.6) is 0 Å². The van der Waals surface area contributed by atoms with Crippen LogP contribution in [0.1, 0.15) is 124 Å². The maximum atomic E-state index is 11.2. The molecule has 25 nitrogen and oxygen atoms in total. The Balaban J connectivity index is 1.85. The number of aliphatic hydroxyl groups is 19. The molecule has 24 atom stereocenters. The second-order valence-corrected chi connectivity index (χ2v) is 24.0. The molecule has 2 rings (SSSR count). The van der Waals surface area contributed by atoms with E-state index >= 15 is 0 Å². The van der Waals surface area contributed by atoms with Crippen LogP contribution in [0.25, 0.3) is 0 Å². The first kappa shape index (κ1) is 78.3. The molecule has 20 N–H and O–H groups in total. The van der Waals surface area contributed by atoms with Gasteiger partial charge < -0.3 is 106 Å². The van der Waals surface area contributed by atoms with E-state index < -0.39 is 157 Å². The van der Waals surface area contributed by atoms with Crippen LogP contribution in [0.15, 0.2) is 84.6 Å². The third-order valence-electron chi connectivity index (χ3n) is 15.4.